The van der Waals surface area contributed by atoms with E-state index in [2.05, 4.69) is 5.32 Å². The lowest BCUT2D eigenvalue weighted by Crippen LogP contribution is -2.51. The van der Waals surface area contributed by atoms with E-state index >= 15 is 0 Å². The summed E-state index contributed by atoms with van der Waals surface area (Å²) in [5, 5.41) is 14.4. The van der Waals surface area contributed by atoms with Gasteiger partial charge in [-0.1, -0.05) is 74.5 Å². The molecule has 0 fully saturated rings. The molecule has 3 rings (SSSR count). The predicted octanol–water partition coefficient (Wildman–Crippen LogP) is 4.56. The van der Waals surface area contributed by atoms with E-state index in [1.54, 1.807) is 66.6 Å². The number of hydrogen-bond donors (Lipinski definition) is 2. The van der Waals surface area contributed by atoms with E-state index in [-0.39, 0.29) is 12.5 Å². The van der Waals surface area contributed by atoms with Gasteiger partial charge in [0.2, 0.25) is 0 Å². The minimum Gasteiger partial charge on any atom is -0.497 e. The van der Waals surface area contributed by atoms with Crippen molar-refractivity contribution in [3.8, 4) is 5.75 Å². The molecule has 2 N–H and O–H groups in total. The zero-order chi connectivity index (χ0) is 31.4. The fraction of sp³-hybridized carbons (Fsp3) is 0.324. The molecule has 1 amide bonds. The molecule has 0 saturated carbocycles. The van der Waals surface area contributed by atoms with E-state index in [1.165, 1.54) is 14.2 Å². The SMILES string of the molecule is COC(=O)/C(=C\c1ccccc1)CN(c1ccc(OC)cc1)[C@@H](c1ccccc1)[C@H](O)C(=O)N[C@@H](CC(C)C)C(=O)OC. The second-order valence-corrected chi connectivity index (χ2v) is 10.4. The second-order valence-electron chi connectivity index (χ2n) is 10.4. The van der Waals surface area contributed by atoms with Crippen LogP contribution in [0.4, 0.5) is 5.69 Å². The van der Waals surface area contributed by atoms with Crippen molar-refractivity contribution in [3.05, 3.63) is 102 Å². The van der Waals surface area contributed by atoms with Gasteiger partial charge in [-0.15, -0.1) is 0 Å². The van der Waals surface area contributed by atoms with Crippen molar-refractivity contribution in [1.29, 1.82) is 0 Å². The Morgan fingerprint density at radius 3 is 2.00 bits per heavy atom. The number of benzene rings is 3. The van der Waals surface area contributed by atoms with E-state index in [0.717, 1.165) is 5.56 Å². The number of amides is 1. The van der Waals surface area contributed by atoms with Gasteiger partial charge in [0.1, 0.15) is 11.8 Å². The van der Waals surface area contributed by atoms with E-state index in [9.17, 15) is 19.5 Å². The topological polar surface area (TPSA) is 114 Å². The van der Waals surface area contributed by atoms with Gasteiger partial charge in [0, 0.05) is 5.69 Å². The summed E-state index contributed by atoms with van der Waals surface area (Å²) in [5.74, 6) is -1.23. The maximum atomic E-state index is 13.7. The van der Waals surface area contributed by atoms with Crippen LogP contribution in [0.5, 0.6) is 5.75 Å². The summed E-state index contributed by atoms with van der Waals surface area (Å²) >= 11 is 0. The Hall–Kier alpha value is -4.63. The molecule has 3 aromatic carbocycles. The third-order valence-corrected chi connectivity index (χ3v) is 6.89. The molecule has 0 spiro atoms. The van der Waals surface area contributed by atoms with Gasteiger partial charge in [0.25, 0.3) is 5.91 Å². The third kappa shape index (κ3) is 9.18. The number of nitrogens with zero attached hydrogens (tertiary/aromatic N) is 1. The molecule has 3 aromatic rings. The van der Waals surface area contributed by atoms with Gasteiger partial charge in [-0.25, -0.2) is 9.59 Å². The van der Waals surface area contributed by atoms with Crippen LogP contribution in [0.25, 0.3) is 6.08 Å². The Kier molecular flexibility index (Phi) is 12.3. The molecule has 43 heavy (non-hydrogen) atoms. The van der Waals surface area contributed by atoms with Gasteiger partial charge >= 0.3 is 11.9 Å². The molecule has 0 radical (unpaired) electrons. The lowest BCUT2D eigenvalue weighted by atomic mass is 9.96. The van der Waals surface area contributed by atoms with Crippen LogP contribution >= 0.6 is 0 Å². The van der Waals surface area contributed by atoms with Gasteiger partial charge in [0.15, 0.2) is 6.10 Å². The summed E-state index contributed by atoms with van der Waals surface area (Å²) < 4.78 is 15.4. The smallest absolute Gasteiger partial charge is 0.335 e. The first-order valence-corrected chi connectivity index (χ1v) is 14.0. The number of hydrogen-bond acceptors (Lipinski definition) is 8. The molecule has 0 heterocycles. The van der Waals surface area contributed by atoms with Crippen LogP contribution in [0, 0.1) is 5.92 Å². The van der Waals surface area contributed by atoms with Crippen LogP contribution in [-0.4, -0.2) is 63.0 Å². The summed E-state index contributed by atoms with van der Waals surface area (Å²) in [5.41, 5.74) is 2.30. The monoisotopic (exact) mass is 588 g/mol. The molecule has 0 aliphatic carbocycles. The molecular weight excluding hydrogens is 548 g/mol. The highest BCUT2D eigenvalue weighted by atomic mass is 16.5. The summed E-state index contributed by atoms with van der Waals surface area (Å²) in [4.78, 5) is 41.0. The van der Waals surface area contributed by atoms with Gasteiger partial charge < -0.3 is 29.5 Å². The Morgan fingerprint density at radius 2 is 1.47 bits per heavy atom. The van der Waals surface area contributed by atoms with Crippen molar-refractivity contribution in [1.82, 2.24) is 5.32 Å². The molecule has 9 heteroatoms. The number of methoxy groups -OCH3 is 3. The van der Waals surface area contributed by atoms with Crippen molar-refractivity contribution >= 4 is 29.6 Å². The van der Waals surface area contributed by atoms with E-state index in [0.29, 0.717) is 29.0 Å². The average Bonchev–Trinajstić information content (AvgIpc) is 3.03. The highest BCUT2D eigenvalue weighted by Crippen LogP contribution is 2.33. The molecule has 9 nitrogen and oxygen atoms in total. The van der Waals surface area contributed by atoms with Crippen LogP contribution in [0.15, 0.2) is 90.5 Å². The Morgan fingerprint density at radius 1 is 0.860 bits per heavy atom. The Labute approximate surface area is 253 Å². The predicted molar refractivity (Wildman–Crippen MR) is 165 cm³/mol. The highest BCUT2D eigenvalue weighted by molar-refractivity contribution is 5.95. The Balaban J connectivity index is 2.14. The molecular formula is C34H40N2O7. The molecule has 0 unspecified atom stereocenters. The fourth-order valence-electron chi connectivity index (χ4n) is 4.77. The van der Waals surface area contributed by atoms with Crippen molar-refractivity contribution in [2.45, 2.75) is 38.5 Å². The zero-order valence-corrected chi connectivity index (χ0v) is 25.2. The van der Waals surface area contributed by atoms with E-state index < -0.39 is 36.0 Å². The van der Waals surface area contributed by atoms with E-state index in [1.807, 2.05) is 50.2 Å². The molecule has 0 aliphatic heterocycles. The zero-order valence-electron chi connectivity index (χ0n) is 25.2. The normalized spacial score (nSPS) is 13.4. The lowest BCUT2D eigenvalue weighted by molar-refractivity contribution is -0.147. The fourth-order valence-corrected chi connectivity index (χ4v) is 4.77. The number of rotatable bonds is 14. The molecule has 228 valence electrons. The van der Waals surface area contributed by atoms with Crippen molar-refractivity contribution < 1.29 is 33.7 Å². The molecule has 0 aliphatic rings. The van der Waals surface area contributed by atoms with Crippen LogP contribution in [0.2, 0.25) is 0 Å². The number of aliphatic hydroxyl groups excluding tert-OH is 1. The van der Waals surface area contributed by atoms with Crippen LogP contribution in [0.1, 0.15) is 37.4 Å². The Bertz CT molecular complexity index is 1360. The van der Waals surface area contributed by atoms with Gasteiger partial charge in [-0.2, -0.15) is 0 Å². The minimum atomic E-state index is -1.65. The first-order valence-electron chi connectivity index (χ1n) is 14.0. The van der Waals surface area contributed by atoms with Crippen LogP contribution in [-0.2, 0) is 23.9 Å². The lowest BCUT2D eigenvalue weighted by Gasteiger charge is -2.37. The van der Waals surface area contributed by atoms with Crippen LogP contribution in [0.3, 0.4) is 0 Å². The number of aliphatic hydroxyl groups is 1. The number of carbonyl (C=O) groups is 3. The standard InChI is InChI=1S/C34H40N2O7/c1-23(2)20-29(34(40)43-5)35-32(38)31(37)30(25-14-10-7-11-15-25)36(27-16-18-28(41-3)19-17-27)22-26(33(39)42-4)21-24-12-8-6-9-13-24/h6-19,21,23,29-31,37H,20,22H2,1-5H3,(H,35,38)/b26-21-/t29-,30-,31-/m0/s1. The quantitative estimate of drug-likeness (QED) is 0.208. The molecule has 0 saturated heterocycles. The summed E-state index contributed by atoms with van der Waals surface area (Å²) in [6.45, 7) is 3.82. The highest BCUT2D eigenvalue weighted by Gasteiger charge is 2.36. The number of anilines is 1. The maximum Gasteiger partial charge on any atom is 0.335 e. The summed E-state index contributed by atoms with van der Waals surface area (Å²) in [7, 11) is 4.11. The number of ether oxygens (including phenoxy) is 3. The maximum absolute atomic E-state index is 13.7. The number of esters is 2. The molecule has 0 aromatic heterocycles. The van der Waals surface area contributed by atoms with Crippen molar-refractivity contribution in [3.63, 3.8) is 0 Å². The average molecular weight is 589 g/mol. The van der Waals surface area contributed by atoms with Crippen molar-refractivity contribution in [2.75, 3.05) is 32.8 Å². The van der Waals surface area contributed by atoms with Crippen LogP contribution < -0.4 is 15.0 Å². The second kappa shape index (κ2) is 16.1. The van der Waals surface area contributed by atoms with Gasteiger partial charge in [0.05, 0.1) is 39.5 Å². The minimum absolute atomic E-state index is 0.0236. The number of nitrogens with one attached hydrogen (secondary N) is 1. The van der Waals surface area contributed by atoms with Crippen molar-refractivity contribution in [2.24, 2.45) is 5.92 Å². The van der Waals surface area contributed by atoms with Gasteiger partial charge in [-0.05, 0) is 53.8 Å². The summed E-state index contributed by atoms with van der Waals surface area (Å²) in [6, 6.07) is 23.5. The number of carbonyl (C=O) groups excluding carboxylic acids is 3. The summed E-state index contributed by atoms with van der Waals surface area (Å²) in [6.07, 6.45) is 0.391. The first-order chi connectivity index (χ1) is 20.7. The van der Waals surface area contributed by atoms with E-state index in [4.69, 9.17) is 14.2 Å². The van der Waals surface area contributed by atoms with Gasteiger partial charge in [-0.3, -0.25) is 4.79 Å². The first kappa shape index (κ1) is 32.9. The largest absolute Gasteiger partial charge is 0.497 e. The molecule has 3 atom stereocenters. The molecule has 0 bridgehead atoms. The third-order valence-electron chi connectivity index (χ3n) is 6.89.